The van der Waals surface area contributed by atoms with Gasteiger partial charge in [-0.05, 0) is 57.0 Å². The Kier molecular flexibility index (Phi) is 7.34. The van der Waals surface area contributed by atoms with Crippen LogP contribution in [0.15, 0.2) is 47.0 Å². The van der Waals surface area contributed by atoms with Gasteiger partial charge in [-0.3, -0.25) is 4.90 Å². The lowest BCUT2D eigenvalue weighted by atomic mass is 9.91. The van der Waals surface area contributed by atoms with Gasteiger partial charge >= 0.3 is 0 Å². The van der Waals surface area contributed by atoms with E-state index in [1.165, 1.54) is 38.8 Å². The Bertz CT molecular complexity index is 1130. The van der Waals surface area contributed by atoms with Crippen LogP contribution in [0.5, 0.6) is 5.88 Å². The Balaban J connectivity index is 0.955. The zero-order chi connectivity index (χ0) is 24.2. The van der Waals surface area contributed by atoms with Crippen molar-refractivity contribution in [3.8, 4) is 5.88 Å². The number of rotatable bonds is 9. The van der Waals surface area contributed by atoms with Gasteiger partial charge in [0.25, 0.3) is 0 Å². The summed E-state index contributed by atoms with van der Waals surface area (Å²) in [6.07, 6.45) is 5.07. The summed E-state index contributed by atoms with van der Waals surface area (Å²) < 4.78 is 11.7. The SMILES string of the molecule is c1cc(CNCCN2CCCC2)nc(OCC2CCC3CN(c4noc5ccccc45)CCN3C2)c1. The lowest BCUT2D eigenvalue weighted by Gasteiger charge is -2.46. The molecule has 6 rings (SSSR count). The summed E-state index contributed by atoms with van der Waals surface area (Å²) in [5, 5.41) is 9.03. The second-order valence-corrected chi connectivity index (χ2v) is 10.5. The minimum absolute atomic E-state index is 0.546. The topological polar surface area (TPSA) is 69.9 Å². The fraction of sp³-hybridized carbons (Fsp3) is 0.571. The molecule has 3 aliphatic heterocycles. The van der Waals surface area contributed by atoms with Crippen LogP contribution in [0.3, 0.4) is 0 Å². The molecule has 2 aromatic heterocycles. The first-order valence-electron chi connectivity index (χ1n) is 13.7. The lowest BCUT2D eigenvalue weighted by Crippen LogP contribution is -2.57. The van der Waals surface area contributed by atoms with Crippen molar-refractivity contribution in [1.82, 2.24) is 25.3 Å². The van der Waals surface area contributed by atoms with E-state index in [9.17, 15) is 0 Å². The Morgan fingerprint density at radius 3 is 2.83 bits per heavy atom. The maximum atomic E-state index is 6.18. The number of likely N-dealkylation sites (tertiary alicyclic amines) is 1. The average Bonchev–Trinajstić information content (AvgIpc) is 3.60. The molecule has 3 aromatic rings. The van der Waals surface area contributed by atoms with Gasteiger partial charge in [0, 0.05) is 63.8 Å². The van der Waals surface area contributed by atoms with Crippen molar-refractivity contribution in [2.24, 2.45) is 5.92 Å². The maximum Gasteiger partial charge on any atom is 0.213 e. The standard InChI is InChI=1S/C28H38N6O2/c1-2-8-26-25(7-1)28(31-36-26)34-17-16-33-19-22(10-11-24(33)20-34)21-35-27-9-5-6-23(30-27)18-29-12-15-32-13-3-4-14-32/h1-2,5-9,22,24,29H,3-4,10-21H2. The van der Waals surface area contributed by atoms with Gasteiger partial charge in [-0.15, -0.1) is 0 Å². The summed E-state index contributed by atoms with van der Waals surface area (Å²) in [5.41, 5.74) is 1.92. The largest absolute Gasteiger partial charge is 0.477 e. The number of aromatic nitrogens is 2. The number of hydrogen-bond donors (Lipinski definition) is 1. The number of hydrogen-bond acceptors (Lipinski definition) is 8. The van der Waals surface area contributed by atoms with E-state index in [4.69, 9.17) is 14.2 Å². The van der Waals surface area contributed by atoms with Crippen LogP contribution in [0.25, 0.3) is 11.0 Å². The quantitative estimate of drug-likeness (QED) is 0.458. The van der Waals surface area contributed by atoms with Crippen LogP contribution >= 0.6 is 0 Å². The molecule has 3 saturated heterocycles. The number of anilines is 1. The molecule has 192 valence electrons. The van der Waals surface area contributed by atoms with E-state index in [0.717, 1.165) is 80.8 Å². The molecule has 2 unspecified atom stereocenters. The van der Waals surface area contributed by atoms with Crippen LogP contribution in [0.2, 0.25) is 0 Å². The Labute approximate surface area is 213 Å². The Morgan fingerprint density at radius 2 is 1.89 bits per heavy atom. The van der Waals surface area contributed by atoms with Crippen LogP contribution in [0.4, 0.5) is 5.82 Å². The molecule has 3 fully saturated rings. The van der Waals surface area contributed by atoms with Crippen molar-refractivity contribution in [1.29, 1.82) is 0 Å². The molecule has 0 aliphatic carbocycles. The summed E-state index contributed by atoms with van der Waals surface area (Å²) in [7, 11) is 0. The van der Waals surface area contributed by atoms with E-state index >= 15 is 0 Å². The predicted octanol–water partition coefficient (Wildman–Crippen LogP) is 3.39. The minimum atomic E-state index is 0.546. The van der Waals surface area contributed by atoms with E-state index in [1.54, 1.807) is 0 Å². The molecular formula is C28H38N6O2. The molecule has 0 spiro atoms. The minimum Gasteiger partial charge on any atom is -0.477 e. The molecule has 8 nitrogen and oxygen atoms in total. The molecule has 0 amide bonds. The molecule has 1 aromatic carbocycles. The number of benzene rings is 1. The van der Waals surface area contributed by atoms with E-state index in [0.29, 0.717) is 12.0 Å². The fourth-order valence-electron chi connectivity index (χ4n) is 5.99. The first-order valence-corrected chi connectivity index (χ1v) is 13.7. The molecule has 0 radical (unpaired) electrons. The monoisotopic (exact) mass is 490 g/mol. The van der Waals surface area contributed by atoms with Gasteiger partial charge in [0.2, 0.25) is 5.88 Å². The van der Waals surface area contributed by atoms with Gasteiger partial charge in [-0.1, -0.05) is 23.4 Å². The average molecular weight is 491 g/mol. The third-order valence-corrected chi connectivity index (χ3v) is 8.02. The highest BCUT2D eigenvalue weighted by Crippen LogP contribution is 2.31. The van der Waals surface area contributed by atoms with Crippen LogP contribution < -0.4 is 15.0 Å². The molecule has 2 atom stereocenters. The third kappa shape index (κ3) is 5.51. The van der Waals surface area contributed by atoms with Gasteiger partial charge in [0.05, 0.1) is 17.7 Å². The van der Waals surface area contributed by atoms with Gasteiger partial charge in [0.1, 0.15) is 0 Å². The first-order chi connectivity index (χ1) is 17.8. The number of para-hydroxylation sites is 1. The number of ether oxygens (including phenoxy) is 1. The second-order valence-electron chi connectivity index (χ2n) is 10.5. The van der Waals surface area contributed by atoms with Gasteiger partial charge in [-0.2, -0.15) is 0 Å². The van der Waals surface area contributed by atoms with E-state index in [-0.39, 0.29) is 0 Å². The van der Waals surface area contributed by atoms with Gasteiger partial charge in [-0.25, -0.2) is 4.98 Å². The zero-order valence-corrected chi connectivity index (χ0v) is 21.1. The summed E-state index contributed by atoms with van der Waals surface area (Å²) in [4.78, 5) is 12.3. The van der Waals surface area contributed by atoms with Gasteiger partial charge in [0.15, 0.2) is 11.4 Å². The van der Waals surface area contributed by atoms with Crippen molar-refractivity contribution in [3.63, 3.8) is 0 Å². The van der Waals surface area contributed by atoms with Crippen LogP contribution in [0, 0.1) is 5.92 Å². The number of nitrogens with one attached hydrogen (secondary N) is 1. The molecule has 0 saturated carbocycles. The molecule has 5 heterocycles. The molecule has 0 bridgehead atoms. The molecule has 3 aliphatic rings. The summed E-state index contributed by atoms with van der Waals surface area (Å²) in [6, 6.07) is 14.8. The maximum absolute atomic E-state index is 6.18. The van der Waals surface area contributed by atoms with E-state index < -0.39 is 0 Å². The Hall–Kier alpha value is -2.68. The highest BCUT2D eigenvalue weighted by molar-refractivity contribution is 5.88. The van der Waals surface area contributed by atoms with Gasteiger partial charge < -0.3 is 24.4 Å². The first kappa shape index (κ1) is 23.7. The van der Waals surface area contributed by atoms with Crippen molar-refractivity contribution >= 4 is 16.8 Å². The van der Waals surface area contributed by atoms with Crippen LogP contribution in [0.1, 0.15) is 31.4 Å². The van der Waals surface area contributed by atoms with E-state index in [2.05, 4.69) is 49.4 Å². The van der Waals surface area contributed by atoms with Crippen LogP contribution in [-0.2, 0) is 6.54 Å². The molecule has 1 N–H and O–H groups in total. The predicted molar refractivity (Wildman–Crippen MR) is 141 cm³/mol. The van der Waals surface area contributed by atoms with Crippen molar-refractivity contribution in [2.75, 3.05) is 63.9 Å². The lowest BCUT2D eigenvalue weighted by molar-refractivity contribution is 0.0716. The normalized spacial score (nSPS) is 23.3. The van der Waals surface area contributed by atoms with Crippen molar-refractivity contribution < 1.29 is 9.26 Å². The smallest absolute Gasteiger partial charge is 0.213 e. The molecule has 36 heavy (non-hydrogen) atoms. The van der Waals surface area contributed by atoms with Crippen LogP contribution in [-0.4, -0.2) is 84.9 Å². The number of pyridine rings is 1. The summed E-state index contributed by atoms with van der Waals surface area (Å²) in [6.45, 7) is 10.3. The Morgan fingerprint density at radius 1 is 0.972 bits per heavy atom. The number of fused-ring (bicyclic) bond motifs is 2. The van der Waals surface area contributed by atoms with E-state index in [1.807, 2.05) is 18.2 Å². The fourth-order valence-corrected chi connectivity index (χ4v) is 5.99. The highest BCUT2D eigenvalue weighted by Gasteiger charge is 2.34. The molecular weight excluding hydrogens is 452 g/mol. The highest BCUT2D eigenvalue weighted by atomic mass is 16.5. The van der Waals surface area contributed by atoms with Crippen molar-refractivity contribution in [2.45, 2.75) is 38.3 Å². The third-order valence-electron chi connectivity index (χ3n) is 8.02. The van der Waals surface area contributed by atoms with Crippen molar-refractivity contribution in [3.05, 3.63) is 48.2 Å². The zero-order valence-electron chi connectivity index (χ0n) is 21.1. The molecule has 8 heteroatoms. The summed E-state index contributed by atoms with van der Waals surface area (Å²) in [5.74, 6) is 2.29. The number of piperidine rings is 1. The number of nitrogens with zero attached hydrogens (tertiary/aromatic N) is 5. The second kappa shape index (κ2) is 11.2. The summed E-state index contributed by atoms with van der Waals surface area (Å²) >= 11 is 0. The number of piperazine rings is 1.